The molecule has 6 N–H and O–H groups in total. The standard InChI is InChI=1S/C47H80N12O13S/c1-16-18-21-28(5)34(60)33-36(62)49-30(17-2)38(64)55(12)41(73-25-24-59-22-19-20-23-59)40(66)52(9)31(26-47(7,8)72)35(61)50-43(68)57(14)44(69)51-42(67)48-29(6)37(63)56(13)46(71)58(15)45(70)54(11)32(27(3)4)39(65)53(33)10/h16,18,27-34,41,60,72H,17,19-26H2,1-15H3,(H,49,62)(H,50,61,68)(H2,48,51,67,69)/b18-16+/t28-,29-,30+,31+,32+,33+,34-,41-/m1/s1. The number of thioether (sulfide) groups is 1. The number of rotatable bonds is 12. The highest BCUT2D eigenvalue weighted by atomic mass is 32.2. The second kappa shape index (κ2) is 28.0. The van der Waals surface area contributed by atoms with Crippen LogP contribution < -0.4 is 21.3 Å². The maximum Gasteiger partial charge on any atom is 0.334 e. The lowest BCUT2D eigenvalue weighted by atomic mass is 9.91. The van der Waals surface area contributed by atoms with Crippen LogP contribution in [0, 0.1) is 11.8 Å². The molecule has 2 heterocycles. The van der Waals surface area contributed by atoms with Gasteiger partial charge in [0.25, 0.3) is 17.7 Å². The zero-order valence-electron chi connectivity index (χ0n) is 45.1. The van der Waals surface area contributed by atoms with Crippen molar-refractivity contribution >= 4 is 77.4 Å². The molecule has 2 fully saturated rings. The number of likely N-dealkylation sites (tertiary alicyclic amines) is 1. The number of hydrogen-bond acceptors (Lipinski definition) is 15. The van der Waals surface area contributed by atoms with Gasteiger partial charge in [-0.2, -0.15) is 0 Å². The van der Waals surface area contributed by atoms with Crippen LogP contribution in [0.2, 0.25) is 0 Å². The molecule has 0 unspecified atom stereocenters. The number of allylic oxidation sites excluding steroid dienone is 2. The predicted molar refractivity (Wildman–Crippen MR) is 271 cm³/mol. The molecular formula is C47H80N12O13S. The van der Waals surface area contributed by atoms with Gasteiger partial charge in [0.1, 0.15) is 30.2 Å². The minimum atomic E-state index is -1.68. The van der Waals surface area contributed by atoms with Crippen LogP contribution in [0.1, 0.15) is 87.5 Å². The van der Waals surface area contributed by atoms with Crippen molar-refractivity contribution in [2.75, 3.05) is 74.7 Å². The Hall–Kier alpha value is -5.86. The van der Waals surface area contributed by atoms with Gasteiger partial charge in [0.2, 0.25) is 17.7 Å². The van der Waals surface area contributed by atoms with Crippen LogP contribution in [0.5, 0.6) is 0 Å². The van der Waals surface area contributed by atoms with E-state index in [0.717, 1.165) is 85.4 Å². The minimum Gasteiger partial charge on any atom is -0.390 e. The zero-order chi connectivity index (χ0) is 56.0. The van der Waals surface area contributed by atoms with Crippen LogP contribution in [0.4, 0.5) is 24.0 Å². The number of amides is 16. The maximum atomic E-state index is 14.8. The number of aliphatic hydroxyl groups excluding tert-OH is 1. The second-order valence-electron chi connectivity index (χ2n) is 19.6. The molecule has 73 heavy (non-hydrogen) atoms. The Morgan fingerprint density at radius 2 is 1.27 bits per heavy atom. The molecule has 0 aliphatic carbocycles. The first kappa shape index (κ1) is 63.3. The largest absolute Gasteiger partial charge is 0.390 e. The van der Waals surface area contributed by atoms with Gasteiger partial charge in [-0.1, -0.05) is 39.8 Å². The van der Waals surface area contributed by atoms with Crippen molar-refractivity contribution in [3.63, 3.8) is 0 Å². The molecule has 2 saturated heterocycles. The molecule has 412 valence electrons. The summed E-state index contributed by atoms with van der Waals surface area (Å²) in [5.74, 6) is -6.59. The van der Waals surface area contributed by atoms with Gasteiger partial charge < -0.3 is 45.3 Å². The van der Waals surface area contributed by atoms with Crippen molar-refractivity contribution in [1.29, 1.82) is 0 Å². The molecular weight excluding hydrogens is 973 g/mol. The molecule has 2 aliphatic heterocycles. The highest BCUT2D eigenvalue weighted by molar-refractivity contribution is 8.00. The molecule has 2 aliphatic rings. The molecule has 0 aromatic heterocycles. The van der Waals surface area contributed by atoms with E-state index in [1.54, 1.807) is 46.8 Å². The van der Waals surface area contributed by atoms with Crippen molar-refractivity contribution < 1.29 is 63.0 Å². The second-order valence-corrected chi connectivity index (χ2v) is 20.8. The first-order chi connectivity index (χ1) is 33.8. The summed E-state index contributed by atoms with van der Waals surface area (Å²) >= 11 is 1.08. The number of carbonyl (C=O) groups is 11. The smallest absolute Gasteiger partial charge is 0.334 e. The third-order valence-electron chi connectivity index (χ3n) is 12.9. The predicted octanol–water partition coefficient (Wildman–Crippen LogP) is 0.849. The normalized spacial score (nSPS) is 25.6. The number of nitrogens with zero attached hydrogens (tertiary/aromatic N) is 8. The van der Waals surface area contributed by atoms with Crippen molar-refractivity contribution in [1.82, 2.24) is 60.5 Å². The number of nitrogens with one attached hydrogen (secondary N) is 4. The average molecular weight is 1050 g/mol. The molecule has 0 aromatic rings. The van der Waals surface area contributed by atoms with E-state index in [2.05, 4.69) is 15.5 Å². The van der Waals surface area contributed by atoms with Crippen LogP contribution in [0.25, 0.3) is 0 Å². The monoisotopic (exact) mass is 1050 g/mol. The van der Waals surface area contributed by atoms with Gasteiger partial charge in [-0.25, -0.2) is 33.8 Å². The van der Waals surface area contributed by atoms with E-state index in [1.807, 2.05) is 10.6 Å². The quantitative estimate of drug-likeness (QED) is 0.148. The molecule has 8 atom stereocenters. The fourth-order valence-corrected chi connectivity index (χ4v) is 9.53. The molecule has 0 radical (unpaired) electrons. The maximum absolute atomic E-state index is 14.8. The topological polar surface area (TPSA) is 302 Å². The molecule has 16 amide bonds. The van der Waals surface area contributed by atoms with E-state index in [0.29, 0.717) is 27.0 Å². The lowest BCUT2D eigenvalue weighted by Gasteiger charge is -2.40. The van der Waals surface area contributed by atoms with E-state index in [4.69, 9.17) is 0 Å². The summed E-state index contributed by atoms with van der Waals surface area (Å²) in [6.45, 7) is 14.3. The highest BCUT2D eigenvalue weighted by Crippen LogP contribution is 2.25. The molecule has 25 nitrogen and oxygen atoms in total. The Labute approximate surface area is 433 Å². The van der Waals surface area contributed by atoms with Gasteiger partial charge >= 0.3 is 30.2 Å². The fourth-order valence-electron chi connectivity index (χ4n) is 8.30. The Morgan fingerprint density at radius 3 is 1.81 bits per heavy atom. The van der Waals surface area contributed by atoms with E-state index in [1.165, 1.54) is 42.0 Å². The summed E-state index contributed by atoms with van der Waals surface area (Å²) < 4.78 is 0. The third kappa shape index (κ3) is 17.1. The van der Waals surface area contributed by atoms with Crippen molar-refractivity contribution in [3.05, 3.63) is 12.2 Å². The van der Waals surface area contributed by atoms with Gasteiger partial charge in [0.05, 0.1) is 11.7 Å². The number of carbonyl (C=O) groups excluding carboxylic acids is 11. The summed E-state index contributed by atoms with van der Waals surface area (Å²) in [7, 11) is 8.03. The Bertz CT molecular complexity index is 2060. The van der Waals surface area contributed by atoms with Crippen LogP contribution in [0.3, 0.4) is 0 Å². The number of aliphatic hydroxyl groups is 2. The summed E-state index contributed by atoms with van der Waals surface area (Å²) in [6, 6.07) is -13.9. The van der Waals surface area contributed by atoms with E-state index < -0.39 is 131 Å². The minimum absolute atomic E-state index is 0.0464. The van der Waals surface area contributed by atoms with E-state index >= 15 is 0 Å². The molecule has 0 saturated carbocycles. The van der Waals surface area contributed by atoms with Gasteiger partial charge in [0.15, 0.2) is 5.37 Å². The van der Waals surface area contributed by atoms with Gasteiger partial charge in [-0.3, -0.25) is 44.3 Å². The summed E-state index contributed by atoms with van der Waals surface area (Å²) in [5, 5.41) is 30.2. The lowest BCUT2D eigenvalue weighted by Crippen LogP contribution is -2.63. The lowest BCUT2D eigenvalue weighted by molar-refractivity contribution is -0.150. The SMILES string of the molecule is C/C=C/C[C@@H](C)[C@@H](O)[C@H]1C(=O)N[C@@H](CC)C(=O)N(C)[C@H](SCCN2CCCC2)C(=O)N(C)[C@@H](CC(C)(C)O)C(=O)NC(=O)N(C)C(=O)NC(=O)N[C@H](C)C(=O)N(C)C(=O)N(C)C(=O)N(C)[C@@H](C(C)C)C(=O)N1C. The van der Waals surface area contributed by atoms with Crippen molar-refractivity contribution in [2.24, 2.45) is 11.8 Å². The van der Waals surface area contributed by atoms with Crippen LogP contribution in [-0.2, 0) is 28.8 Å². The molecule has 2 rings (SSSR count). The van der Waals surface area contributed by atoms with Crippen molar-refractivity contribution in [3.8, 4) is 0 Å². The van der Waals surface area contributed by atoms with Crippen molar-refractivity contribution in [2.45, 2.75) is 135 Å². The zero-order valence-corrected chi connectivity index (χ0v) is 45.9. The summed E-state index contributed by atoms with van der Waals surface area (Å²) in [6.07, 6.45) is 3.69. The Kier molecular flexibility index (Phi) is 24.3. The first-order valence-electron chi connectivity index (χ1n) is 24.3. The summed E-state index contributed by atoms with van der Waals surface area (Å²) in [4.78, 5) is 161. The highest BCUT2D eigenvalue weighted by Gasteiger charge is 2.45. The van der Waals surface area contributed by atoms with Crippen LogP contribution in [0.15, 0.2) is 12.2 Å². The molecule has 0 bridgehead atoms. The van der Waals surface area contributed by atoms with E-state index in [-0.39, 0.29) is 12.8 Å². The molecule has 0 spiro atoms. The van der Waals surface area contributed by atoms with Crippen LogP contribution >= 0.6 is 11.8 Å². The van der Waals surface area contributed by atoms with E-state index in [9.17, 15) is 63.0 Å². The number of likely N-dealkylation sites (N-methyl/N-ethyl adjacent to an activating group) is 5. The van der Waals surface area contributed by atoms with Gasteiger partial charge in [-0.05, 0) is 78.3 Å². The Balaban J connectivity index is 2.87. The van der Waals surface area contributed by atoms with Gasteiger partial charge in [-0.15, -0.1) is 11.8 Å². The number of hydrogen-bond donors (Lipinski definition) is 6. The average Bonchev–Trinajstić information content (AvgIpc) is 3.85. The fraction of sp³-hybridized carbons (Fsp3) is 0.723. The Morgan fingerprint density at radius 1 is 0.699 bits per heavy atom. The third-order valence-corrected chi connectivity index (χ3v) is 14.1. The van der Waals surface area contributed by atoms with Crippen LogP contribution in [-0.4, -0.2) is 237 Å². The summed E-state index contributed by atoms with van der Waals surface area (Å²) in [5.41, 5.74) is -1.64. The number of imide groups is 5. The molecule has 0 aromatic carbocycles. The van der Waals surface area contributed by atoms with Gasteiger partial charge in [0, 0.05) is 68.1 Å². The number of urea groups is 5. The molecule has 26 heteroatoms. The first-order valence-corrected chi connectivity index (χ1v) is 25.4.